The molecule has 0 amide bonds. The summed E-state index contributed by atoms with van der Waals surface area (Å²) >= 11 is 0. The van der Waals surface area contributed by atoms with Crippen molar-refractivity contribution in [3.05, 3.63) is 59.7 Å². The van der Waals surface area contributed by atoms with Crippen LogP contribution in [0.1, 0.15) is 50.2 Å². The molecule has 30 heavy (non-hydrogen) atoms. The van der Waals surface area contributed by atoms with Crippen molar-refractivity contribution >= 4 is 45.6 Å². The van der Waals surface area contributed by atoms with Gasteiger partial charge in [-0.25, -0.2) is 13.4 Å². The molecule has 0 radical (unpaired) electrons. The van der Waals surface area contributed by atoms with Gasteiger partial charge in [0, 0.05) is 18.8 Å². The van der Waals surface area contributed by atoms with E-state index < -0.39 is 10.0 Å². The quantitative estimate of drug-likeness (QED) is 0.319. The summed E-state index contributed by atoms with van der Waals surface area (Å²) in [6.45, 7) is 5.88. The molecule has 0 bridgehead atoms. The van der Waals surface area contributed by atoms with E-state index in [9.17, 15) is 8.42 Å². The molecule has 2 aromatic rings. The predicted octanol–water partition coefficient (Wildman–Crippen LogP) is 4.53. The fourth-order valence-corrected chi connectivity index (χ4v) is 4.88. The highest BCUT2D eigenvalue weighted by Gasteiger charge is 2.25. The van der Waals surface area contributed by atoms with Gasteiger partial charge in [0.1, 0.15) is 0 Å². The molecule has 3 N–H and O–H groups in total. The number of piperidine rings is 1. The summed E-state index contributed by atoms with van der Waals surface area (Å²) in [6.07, 6.45) is 2.96. The van der Waals surface area contributed by atoms with Crippen molar-refractivity contribution in [2.75, 3.05) is 18.4 Å². The van der Waals surface area contributed by atoms with Gasteiger partial charge in [0.15, 0.2) is 5.96 Å². The molecule has 0 atom stereocenters. The Balaban J connectivity index is 0.00000320. The summed E-state index contributed by atoms with van der Waals surface area (Å²) in [6, 6.07) is 15.0. The summed E-state index contributed by atoms with van der Waals surface area (Å²) in [5.74, 6) is 0.769. The zero-order valence-corrected chi connectivity index (χ0v) is 20.7. The maximum atomic E-state index is 12.7. The zero-order chi connectivity index (χ0) is 20.9. The van der Waals surface area contributed by atoms with Crippen LogP contribution >= 0.6 is 24.0 Å². The molecular formula is C22H31IN4O2S. The molecular weight excluding hydrogens is 511 g/mol. The van der Waals surface area contributed by atoms with Crippen LogP contribution in [-0.2, 0) is 16.6 Å². The molecule has 1 saturated heterocycles. The molecule has 1 heterocycles. The standard InChI is InChI=1S/C22H30N4O2S.HI/c1-17(2)19-7-6-8-20(15-19)25-22(23)24-16-18-9-11-21(12-10-18)29(27,28)26-13-4-3-5-14-26;/h6-12,15,17H,3-5,13-14,16H2,1-2H3,(H3,23,24,25);1H. The smallest absolute Gasteiger partial charge is 0.243 e. The number of halogens is 1. The van der Waals surface area contributed by atoms with E-state index in [4.69, 9.17) is 5.73 Å². The lowest BCUT2D eigenvalue weighted by Gasteiger charge is -2.25. The lowest BCUT2D eigenvalue weighted by Crippen LogP contribution is -2.35. The molecule has 1 aliphatic heterocycles. The van der Waals surface area contributed by atoms with E-state index in [1.54, 1.807) is 28.6 Å². The Hall–Kier alpha value is -1.65. The maximum absolute atomic E-state index is 12.7. The molecule has 3 rings (SSSR count). The van der Waals surface area contributed by atoms with Crippen molar-refractivity contribution in [1.82, 2.24) is 4.31 Å². The number of nitrogens with one attached hydrogen (secondary N) is 1. The van der Waals surface area contributed by atoms with Gasteiger partial charge in [0.25, 0.3) is 0 Å². The molecule has 0 aromatic heterocycles. The minimum atomic E-state index is -3.40. The Labute approximate surface area is 197 Å². The van der Waals surface area contributed by atoms with Gasteiger partial charge in [0.2, 0.25) is 10.0 Å². The van der Waals surface area contributed by atoms with E-state index in [-0.39, 0.29) is 24.0 Å². The molecule has 1 aliphatic rings. The maximum Gasteiger partial charge on any atom is 0.243 e. The summed E-state index contributed by atoms with van der Waals surface area (Å²) in [5.41, 5.74) is 9.05. The number of nitrogens with zero attached hydrogens (tertiary/aromatic N) is 2. The molecule has 2 aromatic carbocycles. The van der Waals surface area contributed by atoms with Crippen molar-refractivity contribution in [3.8, 4) is 0 Å². The highest BCUT2D eigenvalue weighted by Crippen LogP contribution is 2.21. The molecule has 0 saturated carbocycles. The summed E-state index contributed by atoms with van der Waals surface area (Å²) in [7, 11) is -3.40. The minimum Gasteiger partial charge on any atom is -0.370 e. The third-order valence-corrected chi connectivity index (χ3v) is 7.05. The van der Waals surface area contributed by atoms with Crippen LogP contribution in [0.2, 0.25) is 0 Å². The van der Waals surface area contributed by atoms with Crippen LogP contribution < -0.4 is 11.1 Å². The van der Waals surface area contributed by atoms with E-state index in [0.29, 0.717) is 36.4 Å². The van der Waals surface area contributed by atoms with Gasteiger partial charge in [-0.05, 0) is 54.2 Å². The summed E-state index contributed by atoms with van der Waals surface area (Å²) < 4.78 is 27.0. The Morgan fingerprint density at radius 2 is 1.77 bits per heavy atom. The number of anilines is 1. The number of hydrogen-bond donors (Lipinski definition) is 2. The van der Waals surface area contributed by atoms with Crippen molar-refractivity contribution in [2.24, 2.45) is 10.7 Å². The van der Waals surface area contributed by atoms with E-state index in [1.807, 2.05) is 12.1 Å². The number of guanidine groups is 1. The fraction of sp³-hybridized carbons (Fsp3) is 0.409. The van der Waals surface area contributed by atoms with Crippen LogP contribution in [-0.4, -0.2) is 31.8 Å². The van der Waals surface area contributed by atoms with Crippen LogP contribution in [0.3, 0.4) is 0 Å². The first-order valence-electron chi connectivity index (χ1n) is 10.1. The third kappa shape index (κ3) is 6.42. The van der Waals surface area contributed by atoms with E-state index in [2.05, 4.69) is 36.3 Å². The lowest BCUT2D eigenvalue weighted by atomic mass is 10.0. The van der Waals surface area contributed by atoms with Crippen LogP contribution in [0, 0.1) is 0 Å². The van der Waals surface area contributed by atoms with Gasteiger partial charge in [-0.15, -0.1) is 24.0 Å². The second-order valence-corrected chi connectivity index (χ2v) is 9.65. The van der Waals surface area contributed by atoms with Crippen LogP contribution in [0.4, 0.5) is 5.69 Å². The molecule has 6 nitrogen and oxygen atoms in total. The van der Waals surface area contributed by atoms with Crippen molar-refractivity contribution in [2.45, 2.75) is 50.5 Å². The van der Waals surface area contributed by atoms with Crippen molar-refractivity contribution < 1.29 is 8.42 Å². The van der Waals surface area contributed by atoms with Gasteiger partial charge >= 0.3 is 0 Å². The molecule has 0 aliphatic carbocycles. The van der Waals surface area contributed by atoms with Gasteiger partial charge in [-0.3, -0.25) is 0 Å². The molecule has 1 fully saturated rings. The SMILES string of the molecule is CC(C)c1cccc(NC(N)=NCc2ccc(S(=O)(=O)N3CCCCC3)cc2)c1.I. The Kier molecular flexibility index (Phi) is 9.11. The lowest BCUT2D eigenvalue weighted by molar-refractivity contribution is 0.346. The molecule has 8 heteroatoms. The monoisotopic (exact) mass is 542 g/mol. The fourth-order valence-electron chi connectivity index (χ4n) is 3.36. The molecule has 0 spiro atoms. The first-order valence-corrected chi connectivity index (χ1v) is 11.6. The van der Waals surface area contributed by atoms with Crippen LogP contribution in [0.25, 0.3) is 0 Å². The zero-order valence-electron chi connectivity index (χ0n) is 17.5. The first kappa shape index (κ1) is 24.6. The van der Waals surface area contributed by atoms with E-state index in [0.717, 1.165) is 30.5 Å². The summed E-state index contributed by atoms with van der Waals surface area (Å²) in [4.78, 5) is 4.71. The topological polar surface area (TPSA) is 87.8 Å². The Bertz CT molecular complexity index is 953. The molecule has 164 valence electrons. The van der Waals surface area contributed by atoms with Crippen LogP contribution in [0.5, 0.6) is 0 Å². The predicted molar refractivity (Wildman–Crippen MR) is 134 cm³/mol. The number of aliphatic imine (C=N–C) groups is 1. The van der Waals surface area contributed by atoms with Crippen molar-refractivity contribution in [1.29, 1.82) is 0 Å². The minimum absolute atomic E-state index is 0. The Morgan fingerprint density at radius 3 is 2.40 bits per heavy atom. The third-order valence-electron chi connectivity index (χ3n) is 5.13. The number of benzene rings is 2. The van der Waals surface area contributed by atoms with Gasteiger partial charge < -0.3 is 11.1 Å². The molecule has 0 unspecified atom stereocenters. The summed E-state index contributed by atoms with van der Waals surface area (Å²) in [5, 5.41) is 3.11. The second-order valence-electron chi connectivity index (χ2n) is 7.72. The Morgan fingerprint density at radius 1 is 1.10 bits per heavy atom. The number of sulfonamides is 1. The van der Waals surface area contributed by atoms with E-state index >= 15 is 0 Å². The number of rotatable bonds is 6. The van der Waals surface area contributed by atoms with Crippen LogP contribution in [0.15, 0.2) is 58.4 Å². The average Bonchev–Trinajstić information content (AvgIpc) is 2.73. The highest BCUT2D eigenvalue weighted by atomic mass is 127. The van der Waals surface area contributed by atoms with Gasteiger partial charge in [-0.2, -0.15) is 4.31 Å². The van der Waals surface area contributed by atoms with E-state index in [1.165, 1.54) is 5.56 Å². The highest BCUT2D eigenvalue weighted by molar-refractivity contribution is 14.0. The number of hydrogen-bond acceptors (Lipinski definition) is 3. The van der Waals surface area contributed by atoms with Gasteiger partial charge in [-0.1, -0.05) is 44.5 Å². The largest absolute Gasteiger partial charge is 0.370 e. The number of nitrogens with two attached hydrogens (primary N) is 1. The average molecular weight is 542 g/mol. The second kappa shape index (κ2) is 11.1. The normalized spacial score (nSPS) is 15.6. The first-order chi connectivity index (χ1) is 13.9. The van der Waals surface area contributed by atoms with Crippen molar-refractivity contribution in [3.63, 3.8) is 0 Å². The van der Waals surface area contributed by atoms with Gasteiger partial charge in [0.05, 0.1) is 11.4 Å².